The largest absolute Gasteiger partial charge is 0.484 e. The number of hydrogen-bond donors (Lipinski definition) is 1. The van der Waals surface area contributed by atoms with Crippen LogP contribution in [0.15, 0.2) is 46.9 Å². The molecule has 1 aliphatic heterocycles. The van der Waals surface area contributed by atoms with Gasteiger partial charge in [0.05, 0.1) is 0 Å². The summed E-state index contributed by atoms with van der Waals surface area (Å²) in [6.45, 7) is 2.62. The third kappa shape index (κ3) is 4.39. The van der Waals surface area contributed by atoms with Gasteiger partial charge in [-0.1, -0.05) is 15.9 Å². The van der Waals surface area contributed by atoms with Gasteiger partial charge in [-0.15, -0.1) is 0 Å². The van der Waals surface area contributed by atoms with Crippen molar-refractivity contribution in [2.75, 3.05) is 23.4 Å². The minimum absolute atomic E-state index is 0.0719. The van der Waals surface area contributed by atoms with Gasteiger partial charge < -0.3 is 15.0 Å². The Bertz CT molecular complexity index is 790. The SMILES string of the molecule is Cc1cc(Br)ccc1NC(=O)COc1ccc(N2CCCC2=O)cc1. The molecule has 1 N–H and O–H groups in total. The van der Waals surface area contributed by atoms with Crippen LogP contribution in [0.3, 0.4) is 0 Å². The lowest BCUT2D eigenvalue weighted by atomic mass is 10.2. The molecule has 3 rings (SSSR count). The number of carbonyl (C=O) groups excluding carboxylic acids is 2. The van der Waals surface area contributed by atoms with Gasteiger partial charge in [-0.05, 0) is 61.4 Å². The molecule has 130 valence electrons. The predicted molar refractivity (Wildman–Crippen MR) is 101 cm³/mol. The number of benzene rings is 2. The number of aryl methyl sites for hydroxylation is 1. The first kappa shape index (κ1) is 17.5. The van der Waals surface area contributed by atoms with Gasteiger partial charge in [-0.3, -0.25) is 9.59 Å². The van der Waals surface area contributed by atoms with Gasteiger partial charge in [0.15, 0.2) is 6.61 Å². The van der Waals surface area contributed by atoms with E-state index in [2.05, 4.69) is 21.2 Å². The summed E-state index contributed by atoms with van der Waals surface area (Å²) in [7, 11) is 0. The molecule has 0 radical (unpaired) electrons. The van der Waals surface area contributed by atoms with Crippen LogP contribution in [-0.2, 0) is 9.59 Å². The number of nitrogens with one attached hydrogen (secondary N) is 1. The highest BCUT2D eigenvalue weighted by molar-refractivity contribution is 9.10. The molecule has 25 heavy (non-hydrogen) atoms. The minimum Gasteiger partial charge on any atom is -0.484 e. The van der Waals surface area contributed by atoms with E-state index < -0.39 is 0 Å². The third-order valence-electron chi connectivity index (χ3n) is 4.05. The summed E-state index contributed by atoms with van der Waals surface area (Å²) in [5, 5.41) is 2.83. The second-order valence-electron chi connectivity index (χ2n) is 5.94. The zero-order chi connectivity index (χ0) is 17.8. The van der Waals surface area contributed by atoms with Crippen molar-refractivity contribution >= 4 is 39.1 Å². The summed E-state index contributed by atoms with van der Waals surface area (Å²) in [6, 6.07) is 12.9. The van der Waals surface area contributed by atoms with Crippen molar-refractivity contribution in [3.8, 4) is 5.75 Å². The van der Waals surface area contributed by atoms with E-state index >= 15 is 0 Å². The minimum atomic E-state index is -0.218. The number of halogens is 1. The van der Waals surface area contributed by atoms with Crippen molar-refractivity contribution in [1.29, 1.82) is 0 Å². The fraction of sp³-hybridized carbons (Fsp3) is 0.263. The van der Waals surface area contributed by atoms with E-state index in [0.29, 0.717) is 12.2 Å². The molecule has 0 bridgehead atoms. The summed E-state index contributed by atoms with van der Waals surface area (Å²) in [6.07, 6.45) is 1.50. The third-order valence-corrected chi connectivity index (χ3v) is 4.55. The fourth-order valence-electron chi connectivity index (χ4n) is 2.75. The smallest absolute Gasteiger partial charge is 0.262 e. The van der Waals surface area contributed by atoms with E-state index in [9.17, 15) is 9.59 Å². The van der Waals surface area contributed by atoms with Crippen molar-refractivity contribution in [2.24, 2.45) is 0 Å². The zero-order valence-corrected chi connectivity index (χ0v) is 15.5. The predicted octanol–water partition coefficient (Wildman–Crippen LogP) is 3.90. The van der Waals surface area contributed by atoms with Crippen LogP contribution in [0.25, 0.3) is 0 Å². The fourth-order valence-corrected chi connectivity index (χ4v) is 3.22. The maximum atomic E-state index is 12.0. The molecule has 1 fully saturated rings. The van der Waals surface area contributed by atoms with Gasteiger partial charge in [-0.2, -0.15) is 0 Å². The number of hydrogen-bond acceptors (Lipinski definition) is 3. The highest BCUT2D eigenvalue weighted by atomic mass is 79.9. The number of amides is 2. The number of ether oxygens (including phenoxy) is 1. The Kier molecular flexibility index (Phi) is 5.38. The Morgan fingerprint density at radius 1 is 1.24 bits per heavy atom. The molecular formula is C19H19BrN2O3. The van der Waals surface area contributed by atoms with Crippen LogP contribution in [-0.4, -0.2) is 25.0 Å². The van der Waals surface area contributed by atoms with Gasteiger partial charge in [0.1, 0.15) is 5.75 Å². The van der Waals surface area contributed by atoms with E-state index in [4.69, 9.17) is 4.74 Å². The average molecular weight is 403 g/mol. The molecule has 2 aromatic rings. The maximum Gasteiger partial charge on any atom is 0.262 e. The molecule has 1 heterocycles. The first-order valence-electron chi connectivity index (χ1n) is 8.12. The molecule has 5 nitrogen and oxygen atoms in total. The number of rotatable bonds is 5. The van der Waals surface area contributed by atoms with E-state index in [1.165, 1.54) is 0 Å². The van der Waals surface area contributed by atoms with Crippen molar-refractivity contribution in [3.05, 3.63) is 52.5 Å². The van der Waals surface area contributed by atoms with E-state index in [1.807, 2.05) is 37.3 Å². The Balaban J connectivity index is 1.54. The van der Waals surface area contributed by atoms with Crippen LogP contribution in [0.2, 0.25) is 0 Å². The Labute approximate surface area is 155 Å². The van der Waals surface area contributed by atoms with E-state index in [-0.39, 0.29) is 18.4 Å². The molecule has 0 spiro atoms. The molecule has 1 aliphatic rings. The van der Waals surface area contributed by atoms with Crippen LogP contribution in [0.1, 0.15) is 18.4 Å². The lowest BCUT2D eigenvalue weighted by molar-refractivity contribution is -0.118. The number of anilines is 2. The molecule has 0 aromatic heterocycles. The second-order valence-corrected chi connectivity index (χ2v) is 6.85. The van der Waals surface area contributed by atoms with Gasteiger partial charge in [0.25, 0.3) is 5.91 Å². The van der Waals surface area contributed by atoms with Crippen molar-refractivity contribution < 1.29 is 14.3 Å². The Morgan fingerprint density at radius 2 is 2.00 bits per heavy atom. The monoisotopic (exact) mass is 402 g/mol. The van der Waals surface area contributed by atoms with Crippen molar-refractivity contribution in [3.63, 3.8) is 0 Å². The van der Waals surface area contributed by atoms with Crippen molar-refractivity contribution in [1.82, 2.24) is 0 Å². The van der Waals surface area contributed by atoms with Crippen LogP contribution < -0.4 is 15.0 Å². The molecule has 6 heteroatoms. The molecule has 0 saturated carbocycles. The standard InChI is InChI=1S/C19H19BrN2O3/c1-13-11-14(20)4-9-17(13)21-18(23)12-25-16-7-5-15(6-8-16)22-10-2-3-19(22)24/h4-9,11H,2-3,10,12H2,1H3,(H,21,23). The quantitative estimate of drug-likeness (QED) is 0.824. The summed E-state index contributed by atoms with van der Waals surface area (Å²) in [5.41, 5.74) is 2.60. The number of carbonyl (C=O) groups is 2. The lowest BCUT2D eigenvalue weighted by Crippen LogP contribution is -2.23. The molecule has 0 unspecified atom stereocenters. The molecule has 2 amide bonds. The molecule has 0 aliphatic carbocycles. The highest BCUT2D eigenvalue weighted by Gasteiger charge is 2.21. The lowest BCUT2D eigenvalue weighted by Gasteiger charge is -2.16. The normalized spacial score (nSPS) is 13.8. The van der Waals surface area contributed by atoms with E-state index in [0.717, 1.165) is 34.4 Å². The van der Waals surface area contributed by atoms with E-state index in [1.54, 1.807) is 17.0 Å². The van der Waals surface area contributed by atoms with Gasteiger partial charge >= 0.3 is 0 Å². The first-order valence-corrected chi connectivity index (χ1v) is 8.91. The zero-order valence-electron chi connectivity index (χ0n) is 13.9. The van der Waals surface area contributed by atoms with Gasteiger partial charge in [0, 0.05) is 28.8 Å². The highest BCUT2D eigenvalue weighted by Crippen LogP contribution is 2.24. The number of nitrogens with zero attached hydrogens (tertiary/aromatic N) is 1. The summed E-state index contributed by atoms with van der Waals surface area (Å²) in [5.74, 6) is 0.528. The van der Waals surface area contributed by atoms with Crippen molar-refractivity contribution in [2.45, 2.75) is 19.8 Å². The Hall–Kier alpha value is -2.34. The van der Waals surface area contributed by atoms with Crippen LogP contribution in [0, 0.1) is 6.92 Å². The summed E-state index contributed by atoms with van der Waals surface area (Å²) < 4.78 is 6.49. The maximum absolute atomic E-state index is 12.0. The van der Waals surface area contributed by atoms with Gasteiger partial charge in [-0.25, -0.2) is 0 Å². The van der Waals surface area contributed by atoms with Crippen LogP contribution >= 0.6 is 15.9 Å². The summed E-state index contributed by atoms with van der Waals surface area (Å²) in [4.78, 5) is 25.5. The molecule has 1 saturated heterocycles. The van der Waals surface area contributed by atoms with Crippen LogP contribution in [0.4, 0.5) is 11.4 Å². The second kappa shape index (κ2) is 7.70. The summed E-state index contributed by atoms with van der Waals surface area (Å²) >= 11 is 3.40. The first-order chi connectivity index (χ1) is 12.0. The average Bonchev–Trinajstić information content (AvgIpc) is 3.02. The van der Waals surface area contributed by atoms with Crippen LogP contribution in [0.5, 0.6) is 5.75 Å². The molecular weight excluding hydrogens is 384 g/mol. The topological polar surface area (TPSA) is 58.6 Å². The van der Waals surface area contributed by atoms with Gasteiger partial charge in [0.2, 0.25) is 5.91 Å². The molecule has 2 aromatic carbocycles. The molecule has 0 atom stereocenters. The Morgan fingerprint density at radius 3 is 2.64 bits per heavy atom.